The van der Waals surface area contributed by atoms with Crippen LogP contribution in [-0.4, -0.2) is 34.7 Å². The van der Waals surface area contributed by atoms with Gasteiger partial charge in [0.05, 0.1) is 10.6 Å². The number of urea groups is 1. The van der Waals surface area contributed by atoms with Gasteiger partial charge >= 0.3 is 12.0 Å². The van der Waals surface area contributed by atoms with Crippen LogP contribution in [0.3, 0.4) is 0 Å². The summed E-state index contributed by atoms with van der Waals surface area (Å²) in [6.45, 7) is 0.636. The van der Waals surface area contributed by atoms with E-state index in [-0.39, 0.29) is 16.6 Å². The largest absolute Gasteiger partial charge is 0.478 e. The van der Waals surface area contributed by atoms with Crippen LogP contribution in [0.5, 0.6) is 0 Å². The van der Waals surface area contributed by atoms with Crippen molar-refractivity contribution in [1.82, 2.24) is 5.32 Å². The van der Waals surface area contributed by atoms with Gasteiger partial charge in [0.1, 0.15) is 0 Å². The molecule has 1 aromatic rings. The fraction of sp³-hybridized carbons (Fsp3) is 0.429. The number of carbonyl (C=O) groups is 2. The van der Waals surface area contributed by atoms with Crippen LogP contribution >= 0.6 is 23.4 Å². The zero-order valence-electron chi connectivity index (χ0n) is 11.4. The van der Waals surface area contributed by atoms with Crippen LogP contribution in [0.1, 0.15) is 29.6 Å². The van der Waals surface area contributed by atoms with Gasteiger partial charge in [0.15, 0.2) is 0 Å². The highest BCUT2D eigenvalue weighted by atomic mass is 35.5. The van der Waals surface area contributed by atoms with E-state index < -0.39 is 5.97 Å². The van der Waals surface area contributed by atoms with Gasteiger partial charge in [0, 0.05) is 17.5 Å². The molecule has 1 unspecified atom stereocenters. The van der Waals surface area contributed by atoms with Gasteiger partial charge in [-0.05, 0) is 36.8 Å². The van der Waals surface area contributed by atoms with Crippen molar-refractivity contribution < 1.29 is 14.7 Å². The second kappa shape index (κ2) is 7.56. The summed E-state index contributed by atoms with van der Waals surface area (Å²) in [7, 11) is 0. The molecular weight excluding hydrogens is 312 g/mol. The molecule has 0 saturated carbocycles. The van der Waals surface area contributed by atoms with Crippen LogP contribution in [0.2, 0.25) is 5.02 Å². The second-order valence-corrected chi connectivity index (χ2v) is 6.64. The molecule has 114 valence electrons. The lowest BCUT2D eigenvalue weighted by Gasteiger charge is -2.21. The number of hydrogen-bond acceptors (Lipinski definition) is 3. The monoisotopic (exact) mass is 328 g/mol. The molecular formula is C14H17ClN2O3S. The molecule has 7 heteroatoms. The van der Waals surface area contributed by atoms with E-state index in [4.69, 9.17) is 16.7 Å². The number of halogens is 1. The normalized spacial score (nSPS) is 18.0. The maximum atomic E-state index is 11.8. The van der Waals surface area contributed by atoms with Crippen molar-refractivity contribution in [2.45, 2.75) is 24.5 Å². The smallest absolute Gasteiger partial charge is 0.337 e. The highest BCUT2D eigenvalue weighted by molar-refractivity contribution is 7.99. The summed E-state index contributed by atoms with van der Waals surface area (Å²) < 4.78 is 0. The molecule has 2 amide bonds. The Morgan fingerprint density at radius 3 is 2.81 bits per heavy atom. The first kappa shape index (κ1) is 16.0. The minimum atomic E-state index is -1.09. The number of anilines is 1. The van der Waals surface area contributed by atoms with Crippen molar-refractivity contribution in [3.8, 4) is 0 Å². The zero-order valence-corrected chi connectivity index (χ0v) is 13.0. The molecule has 21 heavy (non-hydrogen) atoms. The number of aromatic carboxylic acids is 1. The third kappa shape index (κ3) is 4.82. The Bertz CT molecular complexity index is 533. The molecule has 1 atom stereocenters. The molecule has 0 aliphatic carbocycles. The molecule has 0 spiro atoms. The molecule has 1 aliphatic rings. The third-order valence-corrected chi connectivity index (χ3v) is 4.93. The highest BCUT2D eigenvalue weighted by Crippen LogP contribution is 2.24. The third-order valence-electron chi connectivity index (χ3n) is 3.22. The van der Waals surface area contributed by atoms with E-state index in [1.54, 1.807) is 0 Å². The Hall–Kier alpha value is -1.40. The Balaban J connectivity index is 1.84. The minimum Gasteiger partial charge on any atom is -0.478 e. The molecule has 1 aliphatic heterocycles. The predicted molar refractivity (Wildman–Crippen MR) is 85.5 cm³/mol. The van der Waals surface area contributed by atoms with Crippen molar-refractivity contribution in [1.29, 1.82) is 0 Å². The van der Waals surface area contributed by atoms with Crippen LogP contribution in [0, 0.1) is 0 Å². The summed E-state index contributed by atoms with van der Waals surface area (Å²) >= 11 is 7.74. The van der Waals surface area contributed by atoms with Gasteiger partial charge in [-0.1, -0.05) is 18.0 Å². The van der Waals surface area contributed by atoms with Crippen molar-refractivity contribution in [3.05, 3.63) is 28.8 Å². The summed E-state index contributed by atoms with van der Waals surface area (Å²) in [4.78, 5) is 22.6. The number of amides is 2. The van der Waals surface area contributed by atoms with Crippen LogP contribution in [-0.2, 0) is 0 Å². The first-order valence-corrected chi connectivity index (χ1v) is 8.18. The SMILES string of the molecule is O=C(NCC1CCCCS1)Nc1ccc(C(=O)O)c(Cl)c1. The number of rotatable bonds is 4. The number of benzene rings is 1. The maximum absolute atomic E-state index is 11.8. The quantitative estimate of drug-likeness (QED) is 0.791. The molecule has 5 nitrogen and oxygen atoms in total. The van der Waals surface area contributed by atoms with Crippen LogP contribution in [0.4, 0.5) is 10.5 Å². The summed E-state index contributed by atoms with van der Waals surface area (Å²) in [5.74, 6) is 0.0607. The van der Waals surface area contributed by atoms with Gasteiger partial charge in [0.25, 0.3) is 0 Å². The maximum Gasteiger partial charge on any atom is 0.337 e. The van der Waals surface area contributed by atoms with Crippen LogP contribution in [0.15, 0.2) is 18.2 Å². The fourth-order valence-corrected chi connectivity index (χ4v) is 3.62. The second-order valence-electron chi connectivity index (χ2n) is 4.82. The average Bonchev–Trinajstić information content (AvgIpc) is 2.46. The molecule has 0 bridgehead atoms. The van der Waals surface area contributed by atoms with Gasteiger partial charge < -0.3 is 15.7 Å². The lowest BCUT2D eigenvalue weighted by molar-refractivity contribution is 0.0697. The number of carboxylic acids is 1. The van der Waals surface area contributed by atoms with E-state index in [2.05, 4.69) is 10.6 Å². The average molecular weight is 329 g/mol. The first-order chi connectivity index (χ1) is 10.1. The lowest BCUT2D eigenvalue weighted by atomic mass is 10.2. The number of nitrogens with one attached hydrogen (secondary N) is 2. The standard InChI is InChI=1S/C14H17ClN2O3S/c15-12-7-9(4-5-11(12)13(18)19)17-14(20)16-8-10-3-1-2-6-21-10/h4-5,7,10H,1-3,6,8H2,(H,18,19)(H2,16,17,20). The lowest BCUT2D eigenvalue weighted by Crippen LogP contribution is -2.35. The number of thioether (sulfide) groups is 1. The number of carbonyl (C=O) groups excluding carboxylic acids is 1. The van der Waals surface area contributed by atoms with Crippen molar-refractivity contribution in [2.24, 2.45) is 0 Å². The van der Waals surface area contributed by atoms with Crippen molar-refractivity contribution in [3.63, 3.8) is 0 Å². The van der Waals surface area contributed by atoms with E-state index in [0.717, 1.165) is 12.2 Å². The molecule has 1 fully saturated rings. The Morgan fingerprint density at radius 1 is 1.38 bits per heavy atom. The van der Waals surface area contributed by atoms with E-state index in [9.17, 15) is 9.59 Å². The van der Waals surface area contributed by atoms with Gasteiger partial charge in [0.2, 0.25) is 0 Å². The summed E-state index contributed by atoms with van der Waals surface area (Å²) in [5.41, 5.74) is 0.486. The van der Waals surface area contributed by atoms with Gasteiger partial charge in [-0.15, -0.1) is 0 Å². The highest BCUT2D eigenvalue weighted by Gasteiger charge is 2.15. The van der Waals surface area contributed by atoms with E-state index in [0.29, 0.717) is 17.5 Å². The van der Waals surface area contributed by atoms with Crippen LogP contribution in [0.25, 0.3) is 0 Å². The fourth-order valence-electron chi connectivity index (χ4n) is 2.12. The van der Waals surface area contributed by atoms with Gasteiger partial charge in [-0.3, -0.25) is 0 Å². The van der Waals surface area contributed by atoms with Gasteiger partial charge in [-0.25, -0.2) is 9.59 Å². The summed E-state index contributed by atoms with van der Waals surface area (Å²) in [6, 6.07) is 4.02. The molecule has 1 saturated heterocycles. The minimum absolute atomic E-state index is 0.0150. The number of hydrogen-bond donors (Lipinski definition) is 3. The molecule has 1 aromatic carbocycles. The molecule has 3 N–H and O–H groups in total. The van der Waals surface area contributed by atoms with Gasteiger partial charge in [-0.2, -0.15) is 11.8 Å². The van der Waals surface area contributed by atoms with Crippen LogP contribution < -0.4 is 10.6 Å². The Labute approximate surface area is 132 Å². The summed E-state index contributed by atoms with van der Waals surface area (Å²) in [6.07, 6.45) is 3.60. The molecule has 0 aromatic heterocycles. The van der Waals surface area contributed by atoms with E-state index in [1.807, 2.05) is 11.8 Å². The van der Waals surface area contributed by atoms with Crippen molar-refractivity contribution in [2.75, 3.05) is 17.6 Å². The van der Waals surface area contributed by atoms with E-state index >= 15 is 0 Å². The zero-order chi connectivity index (χ0) is 15.2. The Kier molecular flexibility index (Phi) is 5.76. The van der Waals surface area contributed by atoms with Crippen molar-refractivity contribution >= 4 is 41.1 Å². The molecule has 1 heterocycles. The molecule has 0 radical (unpaired) electrons. The predicted octanol–water partition coefficient (Wildman–Crippen LogP) is 3.45. The number of carboxylic acid groups (broad SMARTS) is 1. The topological polar surface area (TPSA) is 78.4 Å². The van der Waals surface area contributed by atoms with E-state index in [1.165, 1.54) is 31.0 Å². The first-order valence-electron chi connectivity index (χ1n) is 6.75. The summed E-state index contributed by atoms with van der Waals surface area (Å²) in [5, 5.41) is 14.9. The molecule has 2 rings (SSSR count). The Morgan fingerprint density at radius 2 is 2.19 bits per heavy atom.